The number of hydrogen-bond acceptors (Lipinski definition) is 4. The van der Waals surface area contributed by atoms with Crippen LogP contribution in [0.25, 0.3) is 0 Å². The normalized spacial score (nSPS) is 10.5. The number of anilines is 1. The second-order valence-corrected chi connectivity index (χ2v) is 6.26. The van der Waals surface area contributed by atoms with Crippen LogP contribution in [-0.2, 0) is 6.54 Å². The van der Waals surface area contributed by atoms with Gasteiger partial charge >= 0.3 is 0 Å². The van der Waals surface area contributed by atoms with E-state index in [1.165, 1.54) is 12.1 Å². The van der Waals surface area contributed by atoms with Gasteiger partial charge in [0, 0.05) is 15.4 Å². The lowest BCUT2D eigenvalue weighted by molar-refractivity contribution is -0.383. The first-order valence-electron chi connectivity index (χ1n) is 5.08. The van der Waals surface area contributed by atoms with Gasteiger partial charge in [-0.1, -0.05) is 23.2 Å². The minimum Gasteiger partial charge on any atom is -0.375 e. The molecule has 0 saturated heterocycles. The van der Waals surface area contributed by atoms with Gasteiger partial charge in [-0.15, -0.1) is 11.3 Å². The Morgan fingerprint density at radius 2 is 2.05 bits per heavy atom. The number of thiophene rings is 1. The van der Waals surface area contributed by atoms with Crippen LogP contribution in [0.3, 0.4) is 0 Å². The molecule has 0 aliphatic rings. The van der Waals surface area contributed by atoms with Crippen molar-refractivity contribution >= 4 is 61.8 Å². The predicted octanol–water partition coefficient (Wildman–Crippen LogP) is 5.34. The third-order valence-electron chi connectivity index (χ3n) is 2.37. The predicted molar refractivity (Wildman–Crippen MR) is 82.5 cm³/mol. The summed E-state index contributed by atoms with van der Waals surface area (Å²) < 4.78 is 0.965. The van der Waals surface area contributed by atoms with E-state index in [0.29, 0.717) is 12.2 Å². The van der Waals surface area contributed by atoms with E-state index in [9.17, 15) is 10.1 Å². The second-order valence-electron chi connectivity index (χ2n) is 3.59. The largest absolute Gasteiger partial charge is 0.375 e. The Kier molecular flexibility index (Phi) is 4.67. The summed E-state index contributed by atoms with van der Waals surface area (Å²) in [6.45, 7) is 0.469. The highest BCUT2D eigenvalue weighted by molar-refractivity contribution is 9.10. The molecule has 0 aliphatic carbocycles. The van der Waals surface area contributed by atoms with Gasteiger partial charge < -0.3 is 5.32 Å². The fourth-order valence-electron chi connectivity index (χ4n) is 1.46. The molecule has 2 aromatic rings. The quantitative estimate of drug-likeness (QED) is 0.574. The molecule has 0 saturated carbocycles. The zero-order valence-corrected chi connectivity index (χ0v) is 13.2. The van der Waals surface area contributed by atoms with Gasteiger partial charge in [-0.25, -0.2) is 0 Å². The molecular formula is C11H7BrCl2N2O2S. The van der Waals surface area contributed by atoms with Gasteiger partial charge in [0.05, 0.1) is 21.5 Å². The molecule has 0 radical (unpaired) electrons. The summed E-state index contributed by atoms with van der Waals surface area (Å²) in [5.74, 6) is 0. The smallest absolute Gasteiger partial charge is 0.293 e. The van der Waals surface area contributed by atoms with Gasteiger partial charge in [0.15, 0.2) is 0 Å². The first-order valence-corrected chi connectivity index (χ1v) is 7.51. The van der Waals surface area contributed by atoms with Crippen molar-refractivity contribution in [3.8, 4) is 0 Å². The third kappa shape index (κ3) is 3.39. The van der Waals surface area contributed by atoms with Crippen LogP contribution >= 0.6 is 50.5 Å². The molecule has 4 nitrogen and oxygen atoms in total. The summed E-state index contributed by atoms with van der Waals surface area (Å²) in [6, 6.07) is 4.63. The van der Waals surface area contributed by atoms with E-state index in [0.717, 1.165) is 9.35 Å². The third-order valence-corrected chi connectivity index (χ3v) is 5.01. The molecule has 100 valence electrons. The van der Waals surface area contributed by atoms with E-state index in [2.05, 4.69) is 21.2 Å². The molecule has 0 amide bonds. The Bertz CT molecular complexity index is 633. The Labute approximate surface area is 131 Å². The van der Waals surface area contributed by atoms with Gasteiger partial charge in [-0.3, -0.25) is 10.1 Å². The summed E-state index contributed by atoms with van der Waals surface area (Å²) in [5.41, 5.74) is 0.252. The molecule has 1 aromatic heterocycles. The molecule has 0 unspecified atom stereocenters. The number of rotatable bonds is 4. The molecule has 0 fully saturated rings. The van der Waals surface area contributed by atoms with Crippen molar-refractivity contribution in [2.24, 2.45) is 0 Å². The van der Waals surface area contributed by atoms with Crippen molar-refractivity contribution in [3.05, 3.63) is 53.1 Å². The fourth-order valence-corrected chi connectivity index (χ4v) is 3.21. The van der Waals surface area contributed by atoms with Gasteiger partial charge in [0.2, 0.25) is 0 Å². The monoisotopic (exact) mass is 380 g/mol. The first kappa shape index (κ1) is 14.6. The maximum atomic E-state index is 11.0. The molecule has 1 N–H and O–H groups in total. The van der Waals surface area contributed by atoms with Crippen molar-refractivity contribution in [2.45, 2.75) is 6.54 Å². The second kappa shape index (κ2) is 6.09. The Morgan fingerprint density at radius 3 is 2.63 bits per heavy atom. The number of nitrogens with zero attached hydrogens (tertiary/aromatic N) is 1. The van der Waals surface area contributed by atoms with E-state index in [1.54, 1.807) is 11.3 Å². The summed E-state index contributed by atoms with van der Waals surface area (Å²) in [5, 5.41) is 16.3. The minimum atomic E-state index is -0.492. The number of benzene rings is 1. The zero-order chi connectivity index (χ0) is 14.0. The van der Waals surface area contributed by atoms with Crippen molar-refractivity contribution in [3.63, 3.8) is 0 Å². The van der Waals surface area contributed by atoms with Crippen LogP contribution in [0.1, 0.15) is 4.88 Å². The van der Waals surface area contributed by atoms with E-state index in [4.69, 9.17) is 23.2 Å². The summed E-state index contributed by atoms with van der Waals surface area (Å²) in [4.78, 5) is 11.5. The van der Waals surface area contributed by atoms with Gasteiger partial charge in [0.1, 0.15) is 5.69 Å². The number of nitrogens with one attached hydrogen (secondary N) is 1. The topological polar surface area (TPSA) is 55.2 Å². The highest BCUT2D eigenvalue weighted by atomic mass is 79.9. The van der Waals surface area contributed by atoms with Crippen LogP contribution in [0, 0.1) is 10.1 Å². The average molecular weight is 382 g/mol. The molecule has 1 heterocycles. The van der Waals surface area contributed by atoms with E-state index in [-0.39, 0.29) is 15.7 Å². The van der Waals surface area contributed by atoms with E-state index >= 15 is 0 Å². The highest BCUT2D eigenvalue weighted by Crippen LogP contribution is 2.34. The Hall–Kier alpha value is -0.820. The number of nitro groups is 1. The molecule has 0 spiro atoms. The Morgan fingerprint density at radius 1 is 1.37 bits per heavy atom. The van der Waals surface area contributed by atoms with Crippen LogP contribution in [0.2, 0.25) is 10.0 Å². The maximum absolute atomic E-state index is 11.0. The molecule has 19 heavy (non-hydrogen) atoms. The lowest BCUT2D eigenvalue weighted by atomic mass is 10.2. The summed E-state index contributed by atoms with van der Waals surface area (Å²) in [6.07, 6.45) is 0. The van der Waals surface area contributed by atoms with Crippen molar-refractivity contribution < 1.29 is 4.92 Å². The highest BCUT2D eigenvalue weighted by Gasteiger charge is 2.17. The fraction of sp³-hybridized carbons (Fsp3) is 0.0909. The molecule has 8 heteroatoms. The number of hydrogen-bond donors (Lipinski definition) is 1. The number of nitro benzene ring substituents is 1. The molecule has 2 rings (SSSR count). The summed E-state index contributed by atoms with van der Waals surface area (Å²) in [7, 11) is 0. The maximum Gasteiger partial charge on any atom is 0.293 e. The molecule has 0 aliphatic heterocycles. The van der Waals surface area contributed by atoms with Gasteiger partial charge in [-0.05, 0) is 33.4 Å². The van der Waals surface area contributed by atoms with Gasteiger partial charge in [0.25, 0.3) is 5.69 Å². The van der Waals surface area contributed by atoms with Crippen LogP contribution in [0.4, 0.5) is 11.4 Å². The lowest BCUT2D eigenvalue weighted by Gasteiger charge is -2.08. The molecular weight excluding hydrogens is 375 g/mol. The molecule has 0 bridgehead atoms. The van der Waals surface area contributed by atoms with E-state index in [1.807, 2.05) is 11.4 Å². The zero-order valence-electron chi connectivity index (χ0n) is 9.32. The van der Waals surface area contributed by atoms with Crippen LogP contribution in [0.5, 0.6) is 0 Å². The van der Waals surface area contributed by atoms with Crippen molar-refractivity contribution in [1.82, 2.24) is 0 Å². The van der Waals surface area contributed by atoms with Crippen molar-refractivity contribution in [2.75, 3.05) is 5.32 Å². The minimum absolute atomic E-state index is 0.0953. The SMILES string of the molecule is O=[N+]([O-])c1cc(Cl)c(Cl)cc1NCc1sccc1Br. The van der Waals surface area contributed by atoms with E-state index < -0.39 is 4.92 Å². The standard InChI is InChI=1S/C11H7BrCl2N2O2S/c12-6-1-2-19-11(6)5-15-9-3-7(13)8(14)4-10(9)16(17)18/h1-4,15H,5H2. The first-order chi connectivity index (χ1) is 8.99. The average Bonchev–Trinajstić information content (AvgIpc) is 2.75. The lowest BCUT2D eigenvalue weighted by Crippen LogP contribution is -2.02. The van der Waals surface area contributed by atoms with Crippen molar-refractivity contribution in [1.29, 1.82) is 0 Å². The molecule has 0 atom stereocenters. The summed E-state index contributed by atoms with van der Waals surface area (Å²) >= 11 is 16.6. The Balaban J connectivity index is 2.26. The van der Waals surface area contributed by atoms with Crippen LogP contribution < -0.4 is 5.32 Å². The van der Waals surface area contributed by atoms with Crippen LogP contribution in [-0.4, -0.2) is 4.92 Å². The number of halogens is 3. The molecule has 1 aromatic carbocycles. The van der Waals surface area contributed by atoms with Gasteiger partial charge in [-0.2, -0.15) is 0 Å². The van der Waals surface area contributed by atoms with Crippen LogP contribution in [0.15, 0.2) is 28.1 Å².